The van der Waals surface area contributed by atoms with Crippen LogP contribution in [0.1, 0.15) is 68.9 Å². The average molecular weight is 496 g/mol. The van der Waals surface area contributed by atoms with Gasteiger partial charge < -0.3 is 10.2 Å². The van der Waals surface area contributed by atoms with Crippen LogP contribution in [0.4, 0.5) is 19.0 Å². The molecule has 1 aromatic heterocycles. The van der Waals surface area contributed by atoms with Crippen molar-refractivity contribution in [1.29, 1.82) is 0 Å². The van der Waals surface area contributed by atoms with Gasteiger partial charge in [0.2, 0.25) is 0 Å². The summed E-state index contributed by atoms with van der Waals surface area (Å²) in [6, 6.07) is 10.5. The van der Waals surface area contributed by atoms with Gasteiger partial charge in [-0.2, -0.15) is 13.2 Å². The molecule has 1 N–H and O–H groups in total. The van der Waals surface area contributed by atoms with Crippen molar-refractivity contribution in [3.05, 3.63) is 58.7 Å². The van der Waals surface area contributed by atoms with Crippen LogP contribution in [0.25, 0.3) is 0 Å². The molecule has 0 amide bonds. The summed E-state index contributed by atoms with van der Waals surface area (Å²) >= 11 is 12.1. The van der Waals surface area contributed by atoms with E-state index in [2.05, 4.69) is 15.2 Å². The number of hydrogen-bond acceptors (Lipinski definition) is 3. The third-order valence-corrected chi connectivity index (χ3v) is 7.67. The monoisotopic (exact) mass is 495 g/mol. The van der Waals surface area contributed by atoms with Crippen LogP contribution in [0.15, 0.2) is 42.6 Å². The van der Waals surface area contributed by atoms with Crippen LogP contribution in [-0.4, -0.2) is 21.6 Å². The lowest BCUT2D eigenvalue weighted by Gasteiger charge is -2.44. The van der Waals surface area contributed by atoms with E-state index in [9.17, 15) is 13.2 Å². The molecule has 8 heteroatoms. The summed E-state index contributed by atoms with van der Waals surface area (Å²) in [6.07, 6.45) is 6.09. The molecule has 2 saturated carbocycles. The van der Waals surface area contributed by atoms with Crippen LogP contribution in [0.2, 0.25) is 5.02 Å². The molecule has 2 aromatic rings. The fourth-order valence-corrected chi connectivity index (χ4v) is 5.69. The quantitative estimate of drug-likeness (QED) is 0.425. The largest absolute Gasteiger partial charge is 0.417 e. The Kier molecular flexibility index (Phi) is 7.49. The van der Waals surface area contributed by atoms with Crippen LogP contribution >= 0.6 is 23.8 Å². The highest BCUT2D eigenvalue weighted by atomic mass is 35.5. The first-order valence-electron chi connectivity index (χ1n) is 11.6. The lowest BCUT2D eigenvalue weighted by atomic mass is 9.90. The van der Waals surface area contributed by atoms with Crippen molar-refractivity contribution >= 4 is 34.6 Å². The molecule has 4 rings (SSSR count). The van der Waals surface area contributed by atoms with E-state index in [0.29, 0.717) is 23.4 Å². The van der Waals surface area contributed by atoms with Crippen molar-refractivity contribution in [3.8, 4) is 0 Å². The molecule has 178 valence electrons. The number of benzene rings is 1. The number of aromatic nitrogens is 1. The molecule has 2 fully saturated rings. The number of nitrogens with zero attached hydrogens (tertiary/aromatic N) is 2. The molecular formula is C25H29ClF3N3S. The number of halogens is 4. The molecule has 0 aliphatic heterocycles. The third-order valence-electron chi connectivity index (χ3n) is 6.92. The highest BCUT2D eigenvalue weighted by Gasteiger charge is 2.45. The highest BCUT2D eigenvalue weighted by Crippen LogP contribution is 2.41. The Balaban J connectivity index is 1.69. The second kappa shape index (κ2) is 10.2. The van der Waals surface area contributed by atoms with Crippen molar-refractivity contribution < 1.29 is 13.2 Å². The van der Waals surface area contributed by atoms with Crippen LogP contribution < -0.4 is 10.2 Å². The zero-order valence-electron chi connectivity index (χ0n) is 18.5. The van der Waals surface area contributed by atoms with Gasteiger partial charge >= 0.3 is 6.18 Å². The van der Waals surface area contributed by atoms with Gasteiger partial charge in [0, 0.05) is 23.8 Å². The van der Waals surface area contributed by atoms with Gasteiger partial charge in [-0.1, -0.05) is 68.1 Å². The van der Waals surface area contributed by atoms with E-state index in [-0.39, 0.29) is 0 Å². The van der Waals surface area contributed by atoms with Gasteiger partial charge in [-0.05, 0) is 55.5 Å². The van der Waals surface area contributed by atoms with Crippen molar-refractivity contribution in [2.75, 3.05) is 4.90 Å². The molecule has 0 bridgehead atoms. The van der Waals surface area contributed by atoms with E-state index in [0.717, 1.165) is 61.3 Å². The number of pyridine rings is 1. The van der Waals surface area contributed by atoms with E-state index in [1.165, 1.54) is 25.3 Å². The smallest absolute Gasteiger partial charge is 0.375 e. The van der Waals surface area contributed by atoms with Crippen molar-refractivity contribution in [1.82, 2.24) is 10.3 Å². The number of alkyl halides is 3. The summed E-state index contributed by atoms with van der Waals surface area (Å²) < 4.78 is 39.5. The first-order valence-corrected chi connectivity index (χ1v) is 12.4. The zero-order valence-corrected chi connectivity index (χ0v) is 20.1. The minimum absolute atomic E-state index is 0.363. The normalized spacial score (nSPS) is 18.8. The Morgan fingerprint density at radius 2 is 1.70 bits per heavy atom. The first kappa shape index (κ1) is 24.3. The van der Waals surface area contributed by atoms with E-state index in [4.69, 9.17) is 23.8 Å². The molecule has 3 nitrogen and oxygen atoms in total. The fraction of sp³-hybridized carbons (Fsp3) is 0.520. The third kappa shape index (κ3) is 5.62. The molecule has 0 spiro atoms. The van der Waals surface area contributed by atoms with Crippen LogP contribution in [0.3, 0.4) is 0 Å². The number of hydrogen-bond donors (Lipinski definition) is 1. The van der Waals surface area contributed by atoms with Crippen molar-refractivity contribution in [2.24, 2.45) is 0 Å². The molecule has 0 radical (unpaired) electrons. The number of rotatable bonds is 6. The summed E-state index contributed by atoms with van der Waals surface area (Å²) in [5.74, 6) is 0.507. The maximum absolute atomic E-state index is 13.2. The molecule has 33 heavy (non-hydrogen) atoms. The van der Waals surface area contributed by atoms with Gasteiger partial charge in [0.25, 0.3) is 0 Å². The summed E-state index contributed by atoms with van der Waals surface area (Å²) in [4.78, 5) is 7.18. The standard InChI is InChI=1S/C25H29ClF3N3S/c26-20-11-8-18(9-12-20)17-32(22-13-10-19(16-30-22)25(27,28)29)24(14-4-5-15-24)23(33)31-21-6-2-1-3-7-21/h8-13,16,21H,1-7,14-15,17H2,(H,31,33). The summed E-state index contributed by atoms with van der Waals surface area (Å²) in [6.45, 7) is 0.488. The SMILES string of the molecule is FC(F)(F)c1ccc(N(Cc2ccc(Cl)cc2)C2(C(=S)NC3CCCCC3)CCCC2)nc1. The van der Waals surface area contributed by atoms with Gasteiger partial charge in [0.1, 0.15) is 10.8 Å². The Labute approximate surface area is 203 Å². The maximum atomic E-state index is 13.2. The second-order valence-electron chi connectivity index (χ2n) is 9.16. The summed E-state index contributed by atoms with van der Waals surface area (Å²) in [5.41, 5.74) is -0.215. The molecular weight excluding hydrogens is 467 g/mol. The van der Waals surface area contributed by atoms with E-state index in [1.54, 1.807) is 0 Å². The summed E-state index contributed by atoms with van der Waals surface area (Å²) in [5, 5.41) is 4.28. The Bertz CT molecular complexity index is 935. The predicted molar refractivity (Wildman–Crippen MR) is 131 cm³/mol. The topological polar surface area (TPSA) is 28.2 Å². The van der Waals surface area contributed by atoms with E-state index in [1.807, 2.05) is 24.3 Å². The van der Waals surface area contributed by atoms with Crippen molar-refractivity contribution in [2.45, 2.75) is 82.1 Å². The first-order chi connectivity index (χ1) is 15.8. The predicted octanol–water partition coefficient (Wildman–Crippen LogP) is 7.32. The van der Waals surface area contributed by atoms with Gasteiger partial charge in [-0.3, -0.25) is 0 Å². The molecule has 2 aliphatic carbocycles. The number of nitrogens with one attached hydrogen (secondary N) is 1. The average Bonchev–Trinajstić information content (AvgIpc) is 3.30. The molecule has 2 aliphatic rings. The van der Waals surface area contributed by atoms with Gasteiger partial charge in [0.05, 0.1) is 11.1 Å². The molecule has 0 atom stereocenters. The molecule has 0 saturated heterocycles. The van der Waals surface area contributed by atoms with Crippen molar-refractivity contribution in [3.63, 3.8) is 0 Å². The lowest BCUT2D eigenvalue weighted by Crippen LogP contribution is -2.58. The minimum atomic E-state index is -4.42. The molecule has 1 aromatic carbocycles. The molecule has 1 heterocycles. The zero-order chi connectivity index (χ0) is 23.5. The fourth-order valence-electron chi connectivity index (χ4n) is 5.08. The Morgan fingerprint density at radius 1 is 1.03 bits per heavy atom. The number of thiocarbonyl (C=S) groups is 1. The highest BCUT2D eigenvalue weighted by molar-refractivity contribution is 7.80. The number of anilines is 1. The Hall–Kier alpha value is -1.86. The van der Waals surface area contributed by atoms with Crippen LogP contribution in [0, 0.1) is 0 Å². The Morgan fingerprint density at radius 3 is 2.27 bits per heavy atom. The molecule has 0 unspecified atom stereocenters. The second-order valence-corrected chi connectivity index (χ2v) is 10.0. The van der Waals surface area contributed by atoms with Crippen LogP contribution in [-0.2, 0) is 12.7 Å². The lowest BCUT2D eigenvalue weighted by molar-refractivity contribution is -0.137. The van der Waals surface area contributed by atoms with E-state index < -0.39 is 17.3 Å². The van der Waals surface area contributed by atoms with Gasteiger partial charge in [-0.25, -0.2) is 4.98 Å². The van der Waals surface area contributed by atoms with Gasteiger partial charge in [-0.15, -0.1) is 0 Å². The minimum Gasteiger partial charge on any atom is -0.375 e. The maximum Gasteiger partial charge on any atom is 0.417 e. The van der Waals surface area contributed by atoms with Crippen LogP contribution in [0.5, 0.6) is 0 Å². The summed E-state index contributed by atoms with van der Waals surface area (Å²) in [7, 11) is 0. The van der Waals surface area contributed by atoms with Gasteiger partial charge in [0.15, 0.2) is 0 Å². The van der Waals surface area contributed by atoms with E-state index >= 15 is 0 Å².